The summed E-state index contributed by atoms with van der Waals surface area (Å²) in [6, 6.07) is 0. The van der Waals surface area contributed by atoms with Crippen LogP contribution in [0.4, 0.5) is 0 Å². The maximum atomic E-state index is 11.5. The Morgan fingerprint density at radius 2 is 2.19 bits per heavy atom. The summed E-state index contributed by atoms with van der Waals surface area (Å²) in [6.45, 7) is 8.12. The molecule has 0 spiro atoms. The number of carbonyl (C=O) groups excluding carboxylic acids is 1. The second-order valence-electron chi connectivity index (χ2n) is 3.10. The number of amides is 1. The van der Waals surface area contributed by atoms with Gasteiger partial charge in [-0.2, -0.15) is 0 Å². The van der Waals surface area contributed by atoms with E-state index >= 15 is 0 Å². The van der Waals surface area contributed by atoms with Gasteiger partial charge >= 0.3 is 0 Å². The molecule has 88 valence electrons. The zero-order valence-electron chi connectivity index (χ0n) is 10.2. The van der Waals surface area contributed by atoms with Gasteiger partial charge in [0.25, 0.3) is 5.91 Å². The molecule has 0 aliphatic carbocycles. The highest BCUT2D eigenvalue weighted by Crippen LogP contribution is 1.92. The molecule has 1 N–H and O–H groups in total. The lowest BCUT2D eigenvalue weighted by Crippen LogP contribution is -2.30. The molecule has 0 rings (SSSR count). The molecule has 0 radical (unpaired) electrons. The van der Waals surface area contributed by atoms with Crippen LogP contribution in [0.5, 0.6) is 0 Å². The molecule has 0 saturated heterocycles. The standard InChI is InChI=1S/C12H19N3O/c1-5-7-8-14-12(16)11(13-4)15-9-10(3)6-2/h5,7,9H,3,6,8H2,1-2,4H3,(H,14,16)/b7-5+,13-11?,15-9?. The summed E-state index contributed by atoms with van der Waals surface area (Å²) in [4.78, 5) is 19.3. The first-order valence-electron chi connectivity index (χ1n) is 5.23. The summed E-state index contributed by atoms with van der Waals surface area (Å²) in [7, 11) is 1.54. The average Bonchev–Trinajstić information content (AvgIpc) is 2.29. The minimum Gasteiger partial charge on any atom is -0.346 e. The molecule has 4 nitrogen and oxygen atoms in total. The Balaban J connectivity index is 4.34. The van der Waals surface area contributed by atoms with Crippen LogP contribution in [0, 0.1) is 0 Å². The van der Waals surface area contributed by atoms with E-state index in [0.717, 1.165) is 12.0 Å². The summed E-state index contributed by atoms with van der Waals surface area (Å²) in [5.74, 6) is -0.111. The van der Waals surface area contributed by atoms with Gasteiger partial charge < -0.3 is 5.32 Å². The first-order chi connectivity index (χ1) is 7.65. The van der Waals surface area contributed by atoms with Crippen molar-refractivity contribution in [2.45, 2.75) is 20.3 Å². The lowest BCUT2D eigenvalue weighted by atomic mass is 10.3. The molecule has 0 aromatic heterocycles. The number of hydrogen-bond donors (Lipinski definition) is 1. The summed E-state index contributed by atoms with van der Waals surface area (Å²) < 4.78 is 0. The Morgan fingerprint density at radius 1 is 1.50 bits per heavy atom. The topological polar surface area (TPSA) is 53.8 Å². The highest BCUT2D eigenvalue weighted by molar-refractivity contribution is 6.39. The van der Waals surface area contributed by atoms with E-state index in [9.17, 15) is 4.79 Å². The van der Waals surface area contributed by atoms with Crippen LogP contribution < -0.4 is 5.32 Å². The molecule has 16 heavy (non-hydrogen) atoms. The van der Waals surface area contributed by atoms with Crippen molar-refractivity contribution in [2.24, 2.45) is 9.98 Å². The van der Waals surface area contributed by atoms with Crippen molar-refractivity contribution >= 4 is 18.0 Å². The van der Waals surface area contributed by atoms with Crippen molar-refractivity contribution in [3.63, 3.8) is 0 Å². The summed E-state index contributed by atoms with van der Waals surface area (Å²) in [5, 5.41) is 2.68. The van der Waals surface area contributed by atoms with E-state index in [1.807, 2.05) is 26.0 Å². The average molecular weight is 221 g/mol. The first kappa shape index (κ1) is 14.3. The molecule has 0 aliphatic heterocycles. The van der Waals surface area contributed by atoms with E-state index in [1.165, 1.54) is 7.05 Å². The van der Waals surface area contributed by atoms with Gasteiger partial charge in [0.1, 0.15) is 0 Å². The van der Waals surface area contributed by atoms with Crippen molar-refractivity contribution in [3.05, 3.63) is 24.3 Å². The number of amidine groups is 1. The smallest absolute Gasteiger partial charge is 0.288 e. The molecular weight excluding hydrogens is 202 g/mol. The van der Waals surface area contributed by atoms with Gasteiger partial charge in [-0.1, -0.05) is 25.7 Å². The van der Waals surface area contributed by atoms with Gasteiger partial charge in [0.15, 0.2) is 0 Å². The fraction of sp³-hybridized carbons (Fsp3) is 0.417. The van der Waals surface area contributed by atoms with Gasteiger partial charge in [-0.05, 0) is 18.9 Å². The van der Waals surface area contributed by atoms with Crippen molar-refractivity contribution in [1.29, 1.82) is 0 Å². The molecule has 0 atom stereocenters. The Bertz CT molecular complexity index is 327. The maximum Gasteiger partial charge on any atom is 0.288 e. The number of carbonyl (C=O) groups is 1. The van der Waals surface area contributed by atoms with Crippen molar-refractivity contribution in [3.8, 4) is 0 Å². The van der Waals surface area contributed by atoms with Crippen LogP contribution in [0.1, 0.15) is 20.3 Å². The normalized spacial score (nSPS) is 12.3. The van der Waals surface area contributed by atoms with E-state index in [1.54, 1.807) is 6.21 Å². The molecule has 0 bridgehead atoms. The van der Waals surface area contributed by atoms with Crippen molar-refractivity contribution in [2.75, 3.05) is 13.6 Å². The van der Waals surface area contributed by atoms with Crippen LogP contribution in [0.3, 0.4) is 0 Å². The molecule has 0 unspecified atom stereocenters. The predicted octanol–water partition coefficient (Wildman–Crippen LogP) is 1.74. The third-order valence-corrected chi connectivity index (χ3v) is 1.85. The number of rotatable bonds is 4. The van der Waals surface area contributed by atoms with Crippen LogP contribution in [0.15, 0.2) is 34.3 Å². The highest BCUT2D eigenvalue weighted by Gasteiger charge is 2.06. The molecule has 0 aromatic rings. The van der Waals surface area contributed by atoms with Gasteiger partial charge in [0.2, 0.25) is 5.84 Å². The quantitative estimate of drug-likeness (QED) is 0.439. The Labute approximate surface area is 96.9 Å². The largest absolute Gasteiger partial charge is 0.346 e. The second kappa shape index (κ2) is 8.59. The van der Waals surface area contributed by atoms with Crippen LogP contribution in [-0.2, 0) is 4.79 Å². The van der Waals surface area contributed by atoms with Gasteiger partial charge in [-0.15, -0.1) is 0 Å². The number of nitrogens with zero attached hydrogens (tertiary/aromatic N) is 2. The fourth-order valence-electron chi connectivity index (χ4n) is 0.810. The Kier molecular flexibility index (Phi) is 7.67. The van der Waals surface area contributed by atoms with E-state index in [0.29, 0.717) is 6.54 Å². The minimum absolute atomic E-state index is 0.166. The molecular formula is C12H19N3O. The minimum atomic E-state index is -0.277. The lowest BCUT2D eigenvalue weighted by molar-refractivity contribution is -0.114. The number of nitrogens with one attached hydrogen (secondary N) is 1. The number of allylic oxidation sites excluding steroid dienone is 2. The summed E-state index contributed by atoms with van der Waals surface area (Å²) in [6.07, 6.45) is 6.09. The molecule has 0 heterocycles. The number of aliphatic imine (C=N–C) groups is 2. The number of hydrogen-bond acceptors (Lipinski definition) is 2. The van der Waals surface area contributed by atoms with E-state index < -0.39 is 0 Å². The summed E-state index contributed by atoms with van der Waals surface area (Å²) >= 11 is 0. The molecule has 0 aromatic carbocycles. The monoisotopic (exact) mass is 221 g/mol. The third kappa shape index (κ3) is 5.90. The van der Waals surface area contributed by atoms with Crippen LogP contribution in [0.2, 0.25) is 0 Å². The van der Waals surface area contributed by atoms with E-state index in [4.69, 9.17) is 0 Å². The van der Waals surface area contributed by atoms with Crippen molar-refractivity contribution < 1.29 is 4.79 Å². The second-order valence-corrected chi connectivity index (χ2v) is 3.10. The van der Waals surface area contributed by atoms with Crippen LogP contribution >= 0.6 is 0 Å². The third-order valence-electron chi connectivity index (χ3n) is 1.85. The van der Waals surface area contributed by atoms with Crippen LogP contribution in [0.25, 0.3) is 0 Å². The Hall–Kier alpha value is -1.71. The highest BCUT2D eigenvalue weighted by atomic mass is 16.2. The SMILES string of the molecule is C=C(C=NC(=NC)C(=O)NC/C=C/C)CC. The molecule has 0 saturated carbocycles. The lowest BCUT2D eigenvalue weighted by Gasteiger charge is -2.00. The molecule has 0 aliphatic rings. The molecule has 4 heteroatoms. The van der Waals surface area contributed by atoms with Gasteiger partial charge in [0, 0.05) is 19.8 Å². The molecule has 0 fully saturated rings. The van der Waals surface area contributed by atoms with Crippen LogP contribution in [-0.4, -0.2) is 31.5 Å². The van der Waals surface area contributed by atoms with Gasteiger partial charge in [-0.25, -0.2) is 4.99 Å². The fourth-order valence-corrected chi connectivity index (χ4v) is 0.810. The predicted molar refractivity (Wildman–Crippen MR) is 69.1 cm³/mol. The summed E-state index contributed by atoms with van der Waals surface area (Å²) in [5.41, 5.74) is 0.863. The van der Waals surface area contributed by atoms with Crippen molar-refractivity contribution in [1.82, 2.24) is 5.32 Å². The van der Waals surface area contributed by atoms with Gasteiger partial charge in [-0.3, -0.25) is 9.79 Å². The molecule has 1 amide bonds. The maximum absolute atomic E-state index is 11.5. The van der Waals surface area contributed by atoms with E-state index in [-0.39, 0.29) is 11.7 Å². The zero-order chi connectivity index (χ0) is 12.4. The Morgan fingerprint density at radius 3 is 2.69 bits per heavy atom. The van der Waals surface area contributed by atoms with E-state index in [2.05, 4.69) is 21.9 Å². The first-order valence-corrected chi connectivity index (χ1v) is 5.23. The van der Waals surface area contributed by atoms with Gasteiger partial charge in [0.05, 0.1) is 0 Å². The zero-order valence-corrected chi connectivity index (χ0v) is 10.2.